The van der Waals surface area contributed by atoms with Gasteiger partial charge in [-0.05, 0) is 56.1 Å². The van der Waals surface area contributed by atoms with Crippen molar-refractivity contribution in [3.63, 3.8) is 0 Å². The predicted octanol–water partition coefficient (Wildman–Crippen LogP) is 3.97. The SMILES string of the molecule is Cc1ccsc1C(C)NCc1ccccc1CN(C)C. The van der Waals surface area contributed by atoms with Crippen molar-refractivity contribution in [2.45, 2.75) is 33.0 Å². The van der Waals surface area contributed by atoms with E-state index < -0.39 is 0 Å². The summed E-state index contributed by atoms with van der Waals surface area (Å²) >= 11 is 1.84. The Balaban J connectivity index is 2.02. The van der Waals surface area contributed by atoms with Crippen molar-refractivity contribution in [3.05, 3.63) is 57.3 Å². The molecule has 0 bridgehead atoms. The minimum absolute atomic E-state index is 0.405. The third-order valence-electron chi connectivity index (χ3n) is 3.50. The second-order valence-electron chi connectivity index (χ2n) is 5.58. The summed E-state index contributed by atoms with van der Waals surface area (Å²) in [6, 6.07) is 11.3. The molecule has 0 radical (unpaired) electrons. The maximum atomic E-state index is 3.65. The van der Waals surface area contributed by atoms with Crippen molar-refractivity contribution in [2.24, 2.45) is 0 Å². The minimum Gasteiger partial charge on any atom is -0.305 e. The average molecular weight is 288 g/mol. The van der Waals surface area contributed by atoms with Crippen molar-refractivity contribution in [2.75, 3.05) is 14.1 Å². The Labute approximate surface area is 126 Å². The maximum Gasteiger partial charge on any atom is 0.0391 e. The van der Waals surface area contributed by atoms with Gasteiger partial charge >= 0.3 is 0 Å². The normalized spacial score (nSPS) is 12.8. The van der Waals surface area contributed by atoms with E-state index >= 15 is 0 Å². The second-order valence-corrected chi connectivity index (χ2v) is 6.52. The molecule has 0 saturated carbocycles. The summed E-state index contributed by atoms with van der Waals surface area (Å²) in [7, 11) is 4.23. The molecule has 3 heteroatoms. The molecule has 0 aliphatic carbocycles. The van der Waals surface area contributed by atoms with E-state index in [1.54, 1.807) is 0 Å². The van der Waals surface area contributed by atoms with Crippen molar-refractivity contribution < 1.29 is 0 Å². The molecule has 2 nitrogen and oxygen atoms in total. The van der Waals surface area contributed by atoms with Gasteiger partial charge in [0.15, 0.2) is 0 Å². The van der Waals surface area contributed by atoms with E-state index in [0.29, 0.717) is 6.04 Å². The maximum absolute atomic E-state index is 3.65. The van der Waals surface area contributed by atoms with Crippen LogP contribution in [0.15, 0.2) is 35.7 Å². The highest BCUT2D eigenvalue weighted by molar-refractivity contribution is 7.10. The highest BCUT2D eigenvalue weighted by atomic mass is 32.1. The van der Waals surface area contributed by atoms with Crippen LogP contribution in [0.5, 0.6) is 0 Å². The number of hydrogen-bond acceptors (Lipinski definition) is 3. The van der Waals surface area contributed by atoms with Crippen molar-refractivity contribution in [1.82, 2.24) is 10.2 Å². The fourth-order valence-electron chi connectivity index (χ4n) is 2.41. The molecule has 0 fully saturated rings. The van der Waals surface area contributed by atoms with Gasteiger partial charge in [0, 0.05) is 24.0 Å². The Bertz CT molecular complexity index is 545. The summed E-state index contributed by atoms with van der Waals surface area (Å²) in [6.45, 7) is 6.34. The molecule has 0 spiro atoms. The van der Waals surface area contributed by atoms with E-state index in [2.05, 4.69) is 73.9 Å². The lowest BCUT2D eigenvalue weighted by atomic mass is 10.1. The van der Waals surface area contributed by atoms with Gasteiger partial charge in [0.2, 0.25) is 0 Å². The van der Waals surface area contributed by atoms with Gasteiger partial charge in [-0.15, -0.1) is 11.3 Å². The first kappa shape index (κ1) is 15.2. The lowest BCUT2D eigenvalue weighted by Gasteiger charge is -2.17. The van der Waals surface area contributed by atoms with Crippen LogP contribution >= 0.6 is 11.3 Å². The number of aryl methyl sites for hydroxylation is 1. The molecule has 1 unspecified atom stereocenters. The smallest absolute Gasteiger partial charge is 0.0391 e. The Morgan fingerprint density at radius 3 is 2.45 bits per heavy atom. The third kappa shape index (κ3) is 3.92. The summed E-state index contributed by atoms with van der Waals surface area (Å²) in [4.78, 5) is 3.65. The molecule has 1 aromatic carbocycles. The van der Waals surface area contributed by atoms with Crippen LogP contribution in [0.3, 0.4) is 0 Å². The van der Waals surface area contributed by atoms with Crippen molar-refractivity contribution >= 4 is 11.3 Å². The van der Waals surface area contributed by atoms with Crippen LogP contribution in [0.25, 0.3) is 0 Å². The number of nitrogens with zero attached hydrogens (tertiary/aromatic N) is 1. The minimum atomic E-state index is 0.405. The first-order valence-electron chi connectivity index (χ1n) is 7.07. The predicted molar refractivity (Wildman–Crippen MR) is 88.1 cm³/mol. The molecule has 1 atom stereocenters. The van der Waals surface area contributed by atoms with Gasteiger partial charge in [-0.3, -0.25) is 0 Å². The standard InChI is InChI=1S/C17H24N2S/c1-13-9-10-20-17(13)14(2)18-11-15-7-5-6-8-16(15)12-19(3)4/h5-10,14,18H,11-12H2,1-4H3. The van der Waals surface area contributed by atoms with Gasteiger partial charge in [-0.25, -0.2) is 0 Å². The highest BCUT2D eigenvalue weighted by Crippen LogP contribution is 2.24. The molecule has 1 aromatic heterocycles. The number of nitrogens with one attached hydrogen (secondary N) is 1. The van der Waals surface area contributed by atoms with E-state index in [9.17, 15) is 0 Å². The summed E-state index contributed by atoms with van der Waals surface area (Å²) in [5.74, 6) is 0. The Kier molecular flexibility index (Phi) is 5.35. The zero-order valence-electron chi connectivity index (χ0n) is 12.8. The van der Waals surface area contributed by atoms with Crippen LogP contribution in [0, 0.1) is 6.92 Å². The van der Waals surface area contributed by atoms with Gasteiger partial charge in [0.1, 0.15) is 0 Å². The largest absolute Gasteiger partial charge is 0.305 e. The number of rotatable bonds is 6. The topological polar surface area (TPSA) is 15.3 Å². The highest BCUT2D eigenvalue weighted by Gasteiger charge is 2.10. The summed E-state index contributed by atoms with van der Waals surface area (Å²) in [6.07, 6.45) is 0. The number of thiophene rings is 1. The van der Waals surface area contributed by atoms with Crippen LogP contribution in [0.4, 0.5) is 0 Å². The summed E-state index contributed by atoms with van der Waals surface area (Å²) in [5, 5.41) is 5.82. The molecule has 0 saturated heterocycles. The molecular formula is C17H24N2S. The second kappa shape index (κ2) is 7.02. The van der Waals surface area contributed by atoms with Crippen LogP contribution < -0.4 is 5.32 Å². The molecule has 2 aromatic rings. The third-order valence-corrected chi connectivity index (χ3v) is 4.70. The van der Waals surface area contributed by atoms with E-state index in [4.69, 9.17) is 0 Å². The number of hydrogen-bond donors (Lipinski definition) is 1. The van der Waals surface area contributed by atoms with Gasteiger partial charge < -0.3 is 10.2 Å². The van der Waals surface area contributed by atoms with Crippen molar-refractivity contribution in [1.29, 1.82) is 0 Å². The fourth-order valence-corrected chi connectivity index (χ4v) is 3.37. The monoisotopic (exact) mass is 288 g/mol. The summed E-state index contributed by atoms with van der Waals surface area (Å²) < 4.78 is 0. The van der Waals surface area contributed by atoms with Crippen LogP contribution in [0.1, 0.15) is 34.5 Å². The zero-order valence-corrected chi connectivity index (χ0v) is 13.6. The van der Waals surface area contributed by atoms with E-state index in [1.807, 2.05) is 11.3 Å². The first-order valence-corrected chi connectivity index (χ1v) is 7.94. The molecule has 2 rings (SSSR count). The summed E-state index contributed by atoms with van der Waals surface area (Å²) in [5.41, 5.74) is 4.18. The molecule has 108 valence electrons. The molecular weight excluding hydrogens is 264 g/mol. The van der Waals surface area contributed by atoms with E-state index in [1.165, 1.54) is 21.6 Å². The van der Waals surface area contributed by atoms with Gasteiger partial charge in [0.05, 0.1) is 0 Å². The van der Waals surface area contributed by atoms with Crippen LogP contribution in [-0.4, -0.2) is 19.0 Å². The molecule has 0 aliphatic rings. The van der Waals surface area contributed by atoms with E-state index in [-0.39, 0.29) is 0 Å². The molecule has 1 N–H and O–H groups in total. The first-order chi connectivity index (χ1) is 9.58. The zero-order chi connectivity index (χ0) is 14.5. The van der Waals surface area contributed by atoms with E-state index in [0.717, 1.165) is 13.1 Å². The Morgan fingerprint density at radius 1 is 1.15 bits per heavy atom. The van der Waals surface area contributed by atoms with Gasteiger partial charge in [-0.2, -0.15) is 0 Å². The van der Waals surface area contributed by atoms with Gasteiger partial charge in [-0.1, -0.05) is 24.3 Å². The van der Waals surface area contributed by atoms with Gasteiger partial charge in [0.25, 0.3) is 0 Å². The quantitative estimate of drug-likeness (QED) is 0.865. The molecule has 20 heavy (non-hydrogen) atoms. The average Bonchev–Trinajstić information content (AvgIpc) is 2.83. The van der Waals surface area contributed by atoms with Crippen LogP contribution in [-0.2, 0) is 13.1 Å². The Morgan fingerprint density at radius 2 is 1.85 bits per heavy atom. The molecule has 1 heterocycles. The van der Waals surface area contributed by atoms with Crippen LogP contribution in [0.2, 0.25) is 0 Å². The lowest BCUT2D eigenvalue weighted by Crippen LogP contribution is -2.20. The number of benzene rings is 1. The fraction of sp³-hybridized carbons (Fsp3) is 0.412. The lowest BCUT2D eigenvalue weighted by molar-refractivity contribution is 0.400. The Hall–Kier alpha value is -1.16. The van der Waals surface area contributed by atoms with Crippen molar-refractivity contribution in [3.8, 4) is 0 Å². The molecule has 0 amide bonds. The molecule has 0 aliphatic heterocycles.